The van der Waals surface area contributed by atoms with E-state index in [1.165, 1.54) is 18.2 Å². The summed E-state index contributed by atoms with van der Waals surface area (Å²) in [7, 11) is 0. The van der Waals surface area contributed by atoms with Crippen LogP contribution in [0.5, 0.6) is 5.75 Å². The van der Waals surface area contributed by atoms with Gasteiger partial charge in [-0.1, -0.05) is 11.6 Å². The summed E-state index contributed by atoms with van der Waals surface area (Å²) in [4.78, 5) is 11.8. The Morgan fingerprint density at radius 1 is 1.47 bits per heavy atom. The van der Waals surface area contributed by atoms with Gasteiger partial charge in [0.1, 0.15) is 5.75 Å². The second-order valence-electron chi connectivity index (χ2n) is 4.13. The van der Waals surface area contributed by atoms with Crippen LogP contribution in [0.15, 0.2) is 18.2 Å². The monoisotopic (exact) mass is 257 g/mol. The van der Waals surface area contributed by atoms with Crippen molar-refractivity contribution >= 4 is 17.5 Å². The minimum atomic E-state index is -0.464. The van der Waals surface area contributed by atoms with E-state index in [1.54, 1.807) is 6.92 Å². The van der Waals surface area contributed by atoms with E-state index < -0.39 is 6.10 Å². The molecule has 2 atom stereocenters. The summed E-state index contributed by atoms with van der Waals surface area (Å²) in [6.45, 7) is 3.48. The lowest BCUT2D eigenvalue weighted by atomic mass is 10.1. The fourth-order valence-electron chi connectivity index (χ4n) is 1.53. The van der Waals surface area contributed by atoms with Crippen LogP contribution < -0.4 is 5.32 Å². The predicted molar refractivity (Wildman–Crippen MR) is 66.3 cm³/mol. The van der Waals surface area contributed by atoms with Gasteiger partial charge in [-0.05, 0) is 38.5 Å². The molecule has 0 saturated heterocycles. The molecule has 1 aromatic rings. The zero-order valence-electron chi connectivity index (χ0n) is 9.77. The number of amides is 1. The van der Waals surface area contributed by atoms with Gasteiger partial charge in [0, 0.05) is 11.6 Å². The zero-order chi connectivity index (χ0) is 13.0. The molecule has 2 unspecified atom stereocenters. The van der Waals surface area contributed by atoms with Crippen molar-refractivity contribution in [3.05, 3.63) is 28.8 Å². The summed E-state index contributed by atoms with van der Waals surface area (Å²) >= 11 is 5.71. The average Bonchev–Trinajstić information content (AvgIpc) is 2.20. The molecule has 0 heterocycles. The van der Waals surface area contributed by atoms with Gasteiger partial charge in [-0.25, -0.2) is 0 Å². The van der Waals surface area contributed by atoms with E-state index in [4.69, 9.17) is 11.6 Å². The van der Waals surface area contributed by atoms with Crippen molar-refractivity contribution in [1.82, 2.24) is 5.32 Å². The number of rotatable bonds is 4. The molecule has 0 bridgehead atoms. The Hall–Kier alpha value is -1.26. The molecule has 3 N–H and O–H groups in total. The topological polar surface area (TPSA) is 69.6 Å². The molecule has 17 heavy (non-hydrogen) atoms. The van der Waals surface area contributed by atoms with Gasteiger partial charge in [0.05, 0.1) is 11.1 Å². The van der Waals surface area contributed by atoms with Gasteiger partial charge >= 0.3 is 0 Å². The second kappa shape index (κ2) is 5.89. The Balaban J connectivity index is 2.66. The van der Waals surface area contributed by atoms with Crippen molar-refractivity contribution in [2.45, 2.75) is 32.4 Å². The SMILES string of the molecule is CC(O)CC(C)NC(=O)c1ccc(O)c(Cl)c1. The lowest BCUT2D eigenvalue weighted by Gasteiger charge is -2.15. The highest BCUT2D eigenvalue weighted by Gasteiger charge is 2.12. The maximum atomic E-state index is 11.8. The molecule has 1 amide bonds. The minimum absolute atomic E-state index is 0.0553. The molecule has 0 aliphatic heterocycles. The van der Waals surface area contributed by atoms with Crippen LogP contribution in [0.1, 0.15) is 30.6 Å². The van der Waals surface area contributed by atoms with Crippen molar-refractivity contribution in [2.24, 2.45) is 0 Å². The number of carbonyl (C=O) groups excluding carboxylic acids is 1. The van der Waals surface area contributed by atoms with Crippen LogP contribution in [-0.4, -0.2) is 28.3 Å². The van der Waals surface area contributed by atoms with E-state index >= 15 is 0 Å². The van der Waals surface area contributed by atoms with Crippen LogP contribution in [0.3, 0.4) is 0 Å². The van der Waals surface area contributed by atoms with Crippen molar-refractivity contribution in [3.63, 3.8) is 0 Å². The van der Waals surface area contributed by atoms with Crippen LogP contribution in [0.2, 0.25) is 5.02 Å². The number of aromatic hydroxyl groups is 1. The number of aliphatic hydroxyl groups excluding tert-OH is 1. The third-order valence-corrected chi connectivity index (χ3v) is 2.58. The molecule has 5 heteroatoms. The van der Waals surface area contributed by atoms with E-state index in [0.717, 1.165) is 0 Å². The van der Waals surface area contributed by atoms with Gasteiger partial charge in [0.25, 0.3) is 5.91 Å². The van der Waals surface area contributed by atoms with Crippen LogP contribution in [0.4, 0.5) is 0 Å². The van der Waals surface area contributed by atoms with Crippen molar-refractivity contribution in [3.8, 4) is 5.75 Å². The standard InChI is InChI=1S/C12H16ClNO3/c1-7(5-8(2)15)14-12(17)9-3-4-11(16)10(13)6-9/h3-4,6-8,15-16H,5H2,1-2H3,(H,14,17). The number of benzene rings is 1. The van der Waals surface area contributed by atoms with E-state index in [1.807, 2.05) is 6.92 Å². The Morgan fingerprint density at radius 3 is 2.65 bits per heavy atom. The first-order valence-electron chi connectivity index (χ1n) is 5.37. The summed E-state index contributed by atoms with van der Waals surface area (Å²) in [5.74, 6) is -0.333. The molecule has 1 aromatic carbocycles. The quantitative estimate of drug-likeness (QED) is 0.772. The highest BCUT2D eigenvalue weighted by atomic mass is 35.5. The number of hydrogen-bond acceptors (Lipinski definition) is 3. The van der Waals surface area contributed by atoms with E-state index in [9.17, 15) is 15.0 Å². The summed E-state index contributed by atoms with van der Waals surface area (Å²) in [5, 5.41) is 21.3. The number of nitrogens with one attached hydrogen (secondary N) is 1. The van der Waals surface area contributed by atoms with Crippen LogP contribution in [0, 0.1) is 0 Å². The molecular formula is C12H16ClNO3. The third-order valence-electron chi connectivity index (χ3n) is 2.28. The van der Waals surface area contributed by atoms with E-state index in [-0.39, 0.29) is 22.7 Å². The van der Waals surface area contributed by atoms with E-state index in [0.29, 0.717) is 12.0 Å². The maximum Gasteiger partial charge on any atom is 0.251 e. The molecule has 0 radical (unpaired) electrons. The number of carbonyl (C=O) groups is 1. The molecule has 0 saturated carbocycles. The Kier molecular flexibility index (Phi) is 4.78. The van der Waals surface area contributed by atoms with Gasteiger partial charge in [-0.3, -0.25) is 4.79 Å². The lowest BCUT2D eigenvalue weighted by Crippen LogP contribution is -2.34. The predicted octanol–water partition coefficient (Wildman–Crippen LogP) is 1.93. The fraction of sp³-hybridized carbons (Fsp3) is 0.417. The van der Waals surface area contributed by atoms with Gasteiger partial charge in [0.15, 0.2) is 0 Å². The zero-order valence-corrected chi connectivity index (χ0v) is 10.5. The molecule has 94 valence electrons. The van der Waals surface area contributed by atoms with Gasteiger partial charge in [0.2, 0.25) is 0 Å². The van der Waals surface area contributed by atoms with Crippen LogP contribution >= 0.6 is 11.6 Å². The summed E-state index contributed by atoms with van der Waals surface area (Å²) in [6.07, 6.45) is 0.0195. The molecule has 0 spiro atoms. The highest BCUT2D eigenvalue weighted by Crippen LogP contribution is 2.23. The van der Waals surface area contributed by atoms with Crippen molar-refractivity contribution < 1.29 is 15.0 Å². The Bertz CT molecular complexity index is 407. The number of hydrogen-bond donors (Lipinski definition) is 3. The first kappa shape index (κ1) is 13.8. The second-order valence-corrected chi connectivity index (χ2v) is 4.53. The van der Waals surface area contributed by atoms with Crippen LogP contribution in [-0.2, 0) is 0 Å². The molecule has 0 aliphatic carbocycles. The van der Waals surface area contributed by atoms with Crippen molar-refractivity contribution in [1.29, 1.82) is 0 Å². The molecule has 4 nitrogen and oxygen atoms in total. The summed E-state index contributed by atoms with van der Waals surface area (Å²) < 4.78 is 0. The van der Waals surface area contributed by atoms with Gasteiger partial charge in [-0.2, -0.15) is 0 Å². The number of halogens is 1. The van der Waals surface area contributed by atoms with Gasteiger partial charge in [-0.15, -0.1) is 0 Å². The van der Waals surface area contributed by atoms with Crippen molar-refractivity contribution in [2.75, 3.05) is 0 Å². The largest absolute Gasteiger partial charge is 0.506 e. The lowest BCUT2D eigenvalue weighted by molar-refractivity contribution is 0.0923. The number of phenols is 1. The van der Waals surface area contributed by atoms with Gasteiger partial charge < -0.3 is 15.5 Å². The average molecular weight is 258 g/mol. The first-order valence-corrected chi connectivity index (χ1v) is 5.75. The summed E-state index contributed by atoms with van der Waals surface area (Å²) in [6, 6.07) is 4.14. The fourth-order valence-corrected chi connectivity index (χ4v) is 1.71. The molecule has 0 aromatic heterocycles. The third kappa shape index (κ3) is 4.24. The Morgan fingerprint density at radius 2 is 2.12 bits per heavy atom. The smallest absolute Gasteiger partial charge is 0.251 e. The molecular weight excluding hydrogens is 242 g/mol. The molecule has 1 rings (SSSR count). The summed E-state index contributed by atoms with van der Waals surface area (Å²) in [5.41, 5.74) is 0.380. The number of phenolic OH excluding ortho intramolecular Hbond substituents is 1. The highest BCUT2D eigenvalue weighted by molar-refractivity contribution is 6.32. The molecule has 0 aliphatic rings. The first-order chi connectivity index (χ1) is 7.90. The van der Waals surface area contributed by atoms with E-state index in [2.05, 4.69) is 5.32 Å². The maximum absolute atomic E-state index is 11.8. The molecule has 0 fully saturated rings. The normalized spacial score (nSPS) is 14.1. The number of aliphatic hydroxyl groups is 1. The Labute approximate surface area is 105 Å². The minimum Gasteiger partial charge on any atom is -0.506 e. The van der Waals surface area contributed by atoms with Crippen LogP contribution in [0.25, 0.3) is 0 Å².